The van der Waals surface area contributed by atoms with E-state index in [2.05, 4.69) is 26.9 Å². The van der Waals surface area contributed by atoms with Crippen LogP contribution < -0.4 is 5.56 Å². The fourth-order valence-corrected chi connectivity index (χ4v) is 3.89. The van der Waals surface area contributed by atoms with E-state index in [4.69, 9.17) is 0 Å². The standard InChI is InChI=1S/C20H15N3O/c1-23-18-14-10-6-5-9-13(14)11-15(18)16-19(23)17(21-22-20(16)24)12-7-3-2-4-8-12/h2-10H,11H2,1H3,(H,22,24). The van der Waals surface area contributed by atoms with E-state index in [-0.39, 0.29) is 5.56 Å². The van der Waals surface area contributed by atoms with Crippen LogP contribution in [0.15, 0.2) is 59.4 Å². The summed E-state index contributed by atoms with van der Waals surface area (Å²) in [5.74, 6) is 0. The Morgan fingerprint density at radius 1 is 1.04 bits per heavy atom. The van der Waals surface area contributed by atoms with E-state index in [1.807, 2.05) is 49.5 Å². The molecule has 0 radical (unpaired) electrons. The van der Waals surface area contributed by atoms with Crippen LogP contribution in [0.4, 0.5) is 0 Å². The van der Waals surface area contributed by atoms with Gasteiger partial charge in [-0.25, -0.2) is 5.10 Å². The van der Waals surface area contributed by atoms with Crippen molar-refractivity contribution in [3.63, 3.8) is 0 Å². The first-order valence-electron chi connectivity index (χ1n) is 7.99. The molecular formula is C20H15N3O. The fourth-order valence-electron chi connectivity index (χ4n) is 3.89. The zero-order chi connectivity index (χ0) is 16.3. The summed E-state index contributed by atoms with van der Waals surface area (Å²) in [5.41, 5.74) is 7.34. The second-order valence-electron chi connectivity index (χ2n) is 6.21. The van der Waals surface area contributed by atoms with Crippen LogP contribution in [0.3, 0.4) is 0 Å². The molecule has 2 heterocycles. The van der Waals surface area contributed by atoms with Gasteiger partial charge in [-0.05, 0) is 11.1 Å². The SMILES string of the molecule is Cn1c2c(c3c(=O)[nH]nc(-c4ccccc4)c31)Cc1ccccc1-2. The highest BCUT2D eigenvalue weighted by molar-refractivity contribution is 6.00. The van der Waals surface area contributed by atoms with Gasteiger partial charge in [0.1, 0.15) is 5.69 Å². The van der Waals surface area contributed by atoms with Crippen molar-refractivity contribution >= 4 is 10.9 Å². The number of hydrogen-bond donors (Lipinski definition) is 1. The predicted octanol–water partition coefficient (Wildman–Crippen LogP) is 3.50. The zero-order valence-corrected chi connectivity index (χ0v) is 13.2. The minimum atomic E-state index is -0.116. The van der Waals surface area contributed by atoms with Gasteiger partial charge in [0.2, 0.25) is 0 Å². The third-order valence-corrected chi connectivity index (χ3v) is 4.90. The molecule has 4 aromatic rings. The molecule has 1 aliphatic rings. The molecule has 0 bridgehead atoms. The van der Waals surface area contributed by atoms with Crippen LogP contribution in [0.25, 0.3) is 33.4 Å². The van der Waals surface area contributed by atoms with Crippen molar-refractivity contribution in [3.8, 4) is 22.5 Å². The number of rotatable bonds is 1. The molecule has 4 heteroatoms. The molecule has 4 nitrogen and oxygen atoms in total. The van der Waals surface area contributed by atoms with Crippen LogP contribution in [-0.2, 0) is 13.5 Å². The van der Waals surface area contributed by atoms with E-state index in [0.29, 0.717) is 0 Å². The summed E-state index contributed by atoms with van der Waals surface area (Å²) in [6.45, 7) is 0. The lowest BCUT2D eigenvalue weighted by molar-refractivity contribution is 0.955. The Kier molecular flexibility index (Phi) is 2.59. The molecule has 0 unspecified atom stereocenters. The Hall–Kier alpha value is -3.14. The van der Waals surface area contributed by atoms with Crippen molar-refractivity contribution in [2.45, 2.75) is 6.42 Å². The molecule has 0 amide bonds. The lowest BCUT2D eigenvalue weighted by Crippen LogP contribution is -2.11. The van der Waals surface area contributed by atoms with E-state index in [9.17, 15) is 4.79 Å². The number of H-pyrrole nitrogens is 1. The van der Waals surface area contributed by atoms with Crippen molar-refractivity contribution in [2.24, 2.45) is 7.05 Å². The van der Waals surface area contributed by atoms with Gasteiger partial charge in [-0.1, -0.05) is 54.6 Å². The molecule has 1 aliphatic carbocycles. The quantitative estimate of drug-likeness (QED) is 0.515. The maximum absolute atomic E-state index is 12.6. The highest BCUT2D eigenvalue weighted by atomic mass is 16.1. The van der Waals surface area contributed by atoms with Gasteiger partial charge >= 0.3 is 0 Å². The molecule has 0 saturated carbocycles. The molecule has 2 aromatic heterocycles. The van der Waals surface area contributed by atoms with Crippen molar-refractivity contribution < 1.29 is 0 Å². The molecule has 0 saturated heterocycles. The number of aryl methyl sites for hydroxylation is 1. The Morgan fingerprint density at radius 3 is 2.62 bits per heavy atom. The fraction of sp³-hybridized carbons (Fsp3) is 0.100. The maximum Gasteiger partial charge on any atom is 0.273 e. The number of aromatic amines is 1. The number of benzene rings is 2. The van der Waals surface area contributed by atoms with Crippen LogP contribution >= 0.6 is 0 Å². The molecule has 0 fully saturated rings. The molecule has 1 N–H and O–H groups in total. The Labute approximate surface area is 138 Å². The first kappa shape index (κ1) is 13.3. The van der Waals surface area contributed by atoms with Crippen molar-refractivity contribution in [1.82, 2.24) is 14.8 Å². The largest absolute Gasteiger partial charge is 0.341 e. The van der Waals surface area contributed by atoms with Gasteiger partial charge in [0.25, 0.3) is 5.56 Å². The lowest BCUT2D eigenvalue weighted by atomic mass is 10.1. The van der Waals surface area contributed by atoms with Gasteiger partial charge in [0, 0.05) is 24.6 Å². The van der Waals surface area contributed by atoms with Crippen LogP contribution in [0.1, 0.15) is 11.1 Å². The second-order valence-corrected chi connectivity index (χ2v) is 6.21. The third kappa shape index (κ3) is 1.62. The smallest absolute Gasteiger partial charge is 0.273 e. The van der Waals surface area contributed by atoms with Crippen LogP contribution in [-0.4, -0.2) is 14.8 Å². The number of nitrogens with zero attached hydrogens (tertiary/aromatic N) is 2. The van der Waals surface area contributed by atoms with Gasteiger partial charge in [0.15, 0.2) is 0 Å². The summed E-state index contributed by atoms with van der Waals surface area (Å²) in [6.07, 6.45) is 0.796. The van der Waals surface area contributed by atoms with Crippen molar-refractivity contribution in [3.05, 3.63) is 76.1 Å². The molecular weight excluding hydrogens is 298 g/mol. The summed E-state index contributed by atoms with van der Waals surface area (Å²) in [5, 5.41) is 7.80. The van der Waals surface area contributed by atoms with Crippen LogP contribution in [0.5, 0.6) is 0 Å². The van der Waals surface area contributed by atoms with E-state index in [1.54, 1.807) is 0 Å². The van der Waals surface area contributed by atoms with Gasteiger partial charge in [0.05, 0.1) is 16.6 Å². The Morgan fingerprint density at radius 2 is 1.79 bits per heavy atom. The zero-order valence-electron chi connectivity index (χ0n) is 13.2. The molecule has 0 atom stereocenters. The van der Waals surface area contributed by atoms with Crippen LogP contribution in [0.2, 0.25) is 0 Å². The van der Waals surface area contributed by atoms with E-state index in [0.717, 1.165) is 39.8 Å². The molecule has 5 rings (SSSR count). The van der Waals surface area contributed by atoms with Crippen molar-refractivity contribution in [2.75, 3.05) is 0 Å². The average Bonchev–Trinajstić information content (AvgIpc) is 3.13. The van der Waals surface area contributed by atoms with Gasteiger partial charge < -0.3 is 4.57 Å². The topological polar surface area (TPSA) is 50.7 Å². The first-order valence-corrected chi connectivity index (χ1v) is 7.99. The second kappa shape index (κ2) is 4.68. The van der Waals surface area contributed by atoms with Gasteiger partial charge in [-0.3, -0.25) is 4.79 Å². The molecule has 24 heavy (non-hydrogen) atoms. The Bertz CT molecular complexity index is 1150. The van der Waals surface area contributed by atoms with E-state index >= 15 is 0 Å². The summed E-state index contributed by atoms with van der Waals surface area (Å²) >= 11 is 0. The number of nitrogens with one attached hydrogen (secondary N) is 1. The number of aromatic nitrogens is 3. The van der Waals surface area contributed by atoms with Crippen molar-refractivity contribution in [1.29, 1.82) is 0 Å². The third-order valence-electron chi connectivity index (χ3n) is 4.90. The van der Waals surface area contributed by atoms with Gasteiger partial charge in [-0.15, -0.1) is 0 Å². The minimum Gasteiger partial charge on any atom is -0.341 e. The molecule has 0 spiro atoms. The molecule has 2 aromatic carbocycles. The monoisotopic (exact) mass is 313 g/mol. The summed E-state index contributed by atoms with van der Waals surface area (Å²) in [7, 11) is 2.02. The normalized spacial score (nSPS) is 12.4. The summed E-state index contributed by atoms with van der Waals surface area (Å²) in [4.78, 5) is 12.6. The van der Waals surface area contributed by atoms with E-state index in [1.165, 1.54) is 11.1 Å². The minimum absolute atomic E-state index is 0.116. The first-order chi connectivity index (χ1) is 11.8. The highest BCUT2D eigenvalue weighted by Gasteiger charge is 2.28. The molecule has 116 valence electrons. The predicted molar refractivity (Wildman–Crippen MR) is 95.0 cm³/mol. The summed E-state index contributed by atoms with van der Waals surface area (Å²) < 4.78 is 2.13. The van der Waals surface area contributed by atoms with Crippen LogP contribution in [0, 0.1) is 0 Å². The van der Waals surface area contributed by atoms with Gasteiger partial charge in [-0.2, -0.15) is 5.10 Å². The number of fused-ring (bicyclic) bond motifs is 5. The lowest BCUT2D eigenvalue weighted by Gasteiger charge is -2.08. The molecule has 0 aliphatic heterocycles. The Balaban J connectivity index is 1.93. The summed E-state index contributed by atoms with van der Waals surface area (Å²) in [6, 6.07) is 18.4. The van der Waals surface area contributed by atoms with E-state index < -0.39 is 0 Å². The average molecular weight is 313 g/mol. The highest BCUT2D eigenvalue weighted by Crippen LogP contribution is 2.42. The number of hydrogen-bond acceptors (Lipinski definition) is 2. The maximum atomic E-state index is 12.6.